The Morgan fingerprint density at radius 2 is 1.85 bits per heavy atom. The van der Waals surface area contributed by atoms with Crippen LogP contribution in [0, 0.1) is 0 Å². The third kappa shape index (κ3) is 3.33. The van der Waals surface area contributed by atoms with E-state index in [1.165, 1.54) is 0 Å². The van der Waals surface area contributed by atoms with Gasteiger partial charge in [-0.3, -0.25) is 0 Å². The fourth-order valence-corrected chi connectivity index (χ4v) is 4.41. The van der Waals surface area contributed by atoms with Crippen molar-refractivity contribution in [1.82, 2.24) is 0 Å². The molecule has 1 unspecified atom stereocenters. The highest BCUT2D eigenvalue weighted by Gasteiger charge is 2.47. The number of hydrogen-bond acceptors (Lipinski definition) is 4. The molecule has 2 aromatic carbocycles. The van der Waals surface area contributed by atoms with Crippen molar-refractivity contribution >= 4 is 39.6 Å². The summed E-state index contributed by atoms with van der Waals surface area (Å²) in [6.07, 6.45) is 1.08. The number of methoxy groups -OCH3 is 1. The molecule has 1 N–H and O–H groups in total. The number of aliphatic hydroxyl groups is 1. The summed E-state index contributed by atoms with van der Waals surface area (Å²) in [5.41, 5.74) is 1.66. The predicted molar refractivity (Wildman–Crippen MR) is 112 cm³/mol. The zero-order valence-electron chi connectivity index (χ0n) is 14.6. The molecule has 6 heteroatoms. The molecule has 4 rings (SSSR count). The normalized spacial score (nSPS) is 22.2. The highest BCUT2D eigenvalue weighted by atomic mass is 79.9. The number of halogens is 1. The molecule has 4 nitrogen and oxygen atoms in total. The van der Waals surface area contributed by atoms with Crippen LogP contribution in [0.3, 0.4) is 0 Å². The minimum Gasteiger partial charge on any atom is -0.497 e. The average Bonchev–Trinajstić information content (AvgIpc) is 2.69. The van der Waals surface area contributed by atoms with Gasteiger partial charge in [0.05, 0.1) is 13.7 Å². The first-order valence-corrected chi connectivity index (χ1v) is 9.45. The van der Waals surface area contributed by atoms with E-state index in [-0.39, 0.29) is 17.0 Å². The second-order valence-electron chi connectivity index (χ2n) is 6.26. The molecular formula is C20H22BrN2O2S+. The first-order valence-electron chi connectivity index (χ1n) is 8.47. The van der Waals surface area contributed by atoms with Gasteiger partial charge in [0.25, 0.3) is 0 Å². The van der Waals surface area contributed by atoms with E-state index in [2.05, 4.69) is 4.58 Å². The van der Waals surface area contributed by atoms with Crippen LogP contribution in [0.15, 0.2) is 59.6 Å². The standard InChI is InChI=1S/C20H21N2O2S.BrH/c1-24-17-10-8-15(9-11-17)18-20(23,16-6-3-2-4-7-16)14-21-19-22(18)12-5-13-25-19;/h2-4,6-11,23H,5,12-14H2,1H3;1H/q+1;. The molecule has 0 radical (unpaired) electrons. The lowest BCUT2D eigenvalue weighted by atomic mass is 9.84. The molecule has 2 aliphatic rings. The molecule has 1 saturated heterocycles. The first kappa shape index (κ1) is 19.1. The minimum atomic E-state index is -1.13. The highest BCUT2D eigenvalue weighted by molar-refractivity contribution is 8.93. The predicted octanol–water partition coefficient (Wildman–Crippen LogP) is 3.47. The number of ether oxygens (including phenoxy) is 1. The van der Waals surface area contributed by atoms with Crippen molar-refractivity contribution in [1.29, 1.82) is 0 Å². The molecule has 0 aliphatic carbocycles. The summed E-state index contributed by atoms with van der Waals surface area (Å²) in [6, 6.07) is 17.8. The van der Waals surface area contributed by atoms with Crippen molar-refractivity contribution in [3.05, 3.63) is 65.7 Å². The van der Waals surface area contributed by atoms with Gasteiger partial charge in [-0.05, 0) is 48.0 Å². The van der Waals surface area contributed by atoms with Crippen LogP contribution in [0.5, 0.6) is 5.75 Å². The summed E-state index contributed by atoms with van der Waals surface area (Å²) < 4.78 is 7.47. The van der Waals surface area contributed by atoms with Crippen LogP contribution in [0.2, 0.25) is 0 Å². The number of thioether (sulfide) groups is 1. The SMILES string of the molecule is Br.COc1ccc(C2=[N+]3CCCSC3=NCC2(O)c2ccccc2)cc1. The van der Waals surface area contributed by atoms with Gasteiger partial charge in [0.15, 0.2) is 17.9 Å². The highest BCUT2D eigenvalue weighted by Crippen LogP contribution is 2.33. The summed E-state index contributed by atoms with van der Waals surface area (Å²) in [5, 5.41) is 12.7. The molecule has 2 heterocycles. The average molecular weight is 434 g/mol. The number of nitrogens with zero attached hydrogens (tertiary/aromatic N) is 2. The third-order valence-corrected chi connectivity index (χ3v) is 5.81. The molecule has 1 fully saturated rings. The lowest BCUT2D eigenvalue weighted by molar-refractivity contribution is -0.413. The van der Waals surface area contributed by atoms with Crippen LogP contribution in [0.4, 0.5) is 0 Å². The number of hydrogen-bond donors (Lipinski definition) is 1. The Hall–Kier alpha value is -1.63. The molecule has 2 aromatic rings. The van der Waals surface area contributed by atoms with Crippen LogP contribution in [0.25, 0.3) is 0 Å². The summed E-state index contributed by atoms with van der Waals surface area (Å²) in [7, 11) is 1.66. The Balaban J connectivity index is 0.00000196. The lowest BCUT2D eigenvalue weighted by Crippen LogP contribution is -2.50. The van der Waals surface area contributed by atoms with E-state index in [0.29, 0.717) is 6.54 Å². The van der Waals surface area contributed by atoms with Gasteiger partial charge in [0.2, 0.25) is 0 Å². The Labute approximate surface area is 168 Å². The number of aliphatic imine (C=N–C) groups is 1. The summed E-state index contributed by atoms with van der Waals surface area (Å²) in [6.45, 7) is 1.22. The monoisotopic (exact) mass is 433 g/mol. The Bertz CT molecular complexity index is 837. The molecule has 0 bridgehead atoms. The van der Waals surface area contributed by atoms with Gasteiger partial charge < -0.3 is 9.84 Å². The maximum atomic E-state index is 11.7. The second kappa shape index (κ2) is 7.94. The smallest absolute Gasteiger partial charge is 0.354 e. The van der Waals surface area contributed by atoms with Crippen LogP contribution >= 0.6 is 28.7 Å². The number of benzene rings is 2. The van der Waals surface area contributed by atoms with E-state index in [0.717, 1.165) is 46.5 Å². The van der Waals surface area contributed by atoms with Crippen LogP contribution in [0.1, 0.15) is 17.5 Å². The number of rotatable bonds is 3. The Morgan fingerprint density at radius 1 is 1.12 bits per heavy atom. The van der Waals surface area contributed by atoms with E-state index in [1.807, 2.05) is 54.6 Å². The van der Waals surface area contributed by atoms with Crippen molar-refractivity contribution in [2.45, 2.75) is 12.0 Å². The van der Waals surface area contributed by atoms with E-state index in [9.17, 15) is 5.11 Å². The Morgan fingerprint density at radius 3 is 2.54 bits per heavy atom. The van der Waals surface area contributed by atoms with E-state index in [4.69, 9.17) is 9.73 Å². The fourth-order valence-electron chi connectivity index (χ4n) is 3.46. The molecular weight excluding hydrogens is 412 g/mol. The topological polar surface area (TPSA) is 44.8 Å². The molecule has 1 atom stereocenters. The fraction of sp³-hybridized carbons (Fsp3) is 0.300. The molecule has 0 saturated carbocycles. The zero-order valence-corrected chi connectivity index (χ0v) is 17.1. The van der Waals surface area contributed by atoms with Gasteiger partial charge in [0, 0.05) is 11.3 Å². The van der Waals surface area contributed by atoms with Crippen molar-refractivity contribution in [2.75, 3.05) is 26.0 Å². The van der Waals surface area contributed by atoms with Gasteiger partial charge in [0.1, 0.15) is 5.75 Å². The van der Waals surface area contributed by atoms with Crippen molar-refractivity contribution in [3.63, 3.8) is 0 Å². The van der Waals surface area contributed by atoms with Gasteiger partial charge in [-0.15, -0.1) is 17.0 Å². The molecule has 0 spiro atoms. The molecule has 26 heavy (non-hydrogen) atoms. The molecule has 0 amide bonds. The van der Waals surface area contributed by atoms with Gasteiger partial charge >= 0.3 is 5.17 Å². The van der Waals surface area contributed by atoms with Gasteiger partial charge in [-0.1, -0.05) is 35.3 Å². The molecule has 2 aliphatic heterocycles. The molecule has 136 valence electrons. The lowest BCUT2D eigenvalue weighted by Gasteiger charge is -2.32. The summed E-state index contributed by atoms with van der Waals surface area (Å²) in [5.74, 6) is 1.89. The van der Waals surface area contributed by atoms with Crippen molar-refractivity contribution < 1.29 is 14.4 Å². The van der Waals surface area contributed by atoms with Crippen molar-refractivity contribution in [3.8, 4) is 5.75 Å². The summed E-state index contributed by atoms with van der Waals surface area (Å²) in [4.78, 5) is 4.70. The summed E-state index contributed by atoms with van der Waals surface area (Å²) >= 11 is 1.77. The van der Waals surface area contributed by atoms with Gasteiger partial charge in [-0.25, -0.2) is 4.58 Å². The first-order chi connectivity index (χ1) is 12.2. The van der Waals surface area contributed by atoms with E-state index in [1.54, 1.807) is 18.9 Å². The van der Waals surface area contributed by atoms with Crippen LogP contribution < -0.4 is 4.74 Å². The molecule has 0 aromatic heterocycles. The van der Waals surface area contributed by atoms with Crippen LogP contribution in [-0.4, -0.2) is 46.5 Å². The minimum absolute atomic E-state index is 0. The third-order valence-electron chi connectivity index (χ3n) is 4.71. The van der Waals surface area contributed by atoms with Gasteiger partial charge in [-0.2, -0.15) is 0 Å². The largest absolute Gasteiger partial charge is 0.497 e. The van der Waals surface area contributed by atoms with E-state index < -0.39 is 5.60 Å². The van der Waals surface area contributed by atoms with Crippen molar-refractivity contribution in [2.24, 2.45) is 4.99 Å². The maximum absolute atomic E-state index is 11.7. The zero-order chi connectivity index (χ0) is 17.3. The van der Waals surface area contributed by atoms with E-state index >= 15 is 0 Å². The quantitative estimate of drug-likeness (QED) is 0.753. The second-order valence-corrected chi connectivity index (χ2v) is 7.32. The maximum Gasteiger partial charge on any atom is 0.354 e. The van der Waals surface area contributed by atoms with Crippen LogP contribution in [-0.2, 0) is 5.60 Å². The number of amidine groups is 1. The number of fused-ring (bicyclic) bond motifs is 1. The Kier molecular flexibility index (Phi) is 5.85.